The smallest absolute Gasteiger partial charge is 0.333 e. The van der Waals surface area contributed by atoms with Gasteiger partial charge in [0.1, 0.15) is 11.2 Å². The van der Waals surface area contributed by atoms with Crippen LogP contribution < -0.4 is 20.6 Å². The summed E-state index contributed by atoms with van der Waals surface area (Å²) in [5.74, 6) is 0. The predicted molar refractivity (Wildman–Crippen MR) is 270 cm³/mol. The number of para-hydroxylation sites is 3. The van der Waals surface area contributed by atoms with Crippen molar-refractivity contribution in [2.45, 2.75) is 31.6 Å². The average molecular weight is 835 g/mol. The summed E-state index contributed by atoms with van der Waals surface area (Å²) >= 11 is 1.91. The topological polar surface area (TPSA) is 19.6 Å². The van der Waals surface area contributed by atoms with Crippen LogP contribution in [0.1, 0.15) is 48.6 Å². The Morgan fingerprint density at radius 1 is 0.516 bits per heavy atom. The molecule has 0 saturated heterocycles. The molecule has 64 heavy (non-hydrogen) atoms. The first-order valence-corrected chi connectivity index (χ1v) is 23.3. The van der Waals surface area contributed by atoms with Crippen molar-refractivity contribution in [2.75, 3.05) is 9.71 Å². The maximum atomic E-state index is 6.77. The fourth-order valence-corrected chi connectivity index (χ4v) is 13.6. The van der Waals surface area contributed by atoms with Crippen molar-refractivity contribution < 1.29 is 4.42 Å². The van der Waals surface area contributed by atoms with Crippen molar-refractivity contribution in [3.63, 3.8) is 0 Å². The molecule has 5 heteroatoms. The van der Waals surface area contributed by atoms with Crippen molar-refractivity contribution in [3.8, 4) is 22.3 Å². The van der Waals surface area contributed by atoms with Crippen LogP contribution in [-0.2, 0) is 10.8 Å². The lowest BCUT2D eigenvalue weighted by molar-refractivity contribution is 0.590. The molecular weight excluding hydrogens is 796 g/mol. The zero-order chi connectivity index (χ0) is 42.2. The van der Waals surface area contributed by atoms with Crippen molar-refractivity contribution in [3.05, 3.63) is 210 Å². The Morgan fingerprint density at radius 2 is 1.19 bits per heavy atom. The minimum Gasteiger partial charge on any atom is -0.456 e. The maximum absolute atomic E-state index is 6.77. The number of thiophene rings is 1. The summed E-state index contributed by atoms with van der Waals surface area (Å²) in [6.07, 6.45) is 0. The molecule has 300 valence electrons. The molecule has 0 bridgehead atoms. The zero-order valence-electron chi connectivity index (χ0n) is 35.6. The van der Waals surface area contributed by atoms with Gasteiger partial charge in [0.25, 0.3) is 0 Å². The second-order valence-corrected chi connectivity index (χ2v) is 20.2. The van der Waals surface area contributed by atoms with E-state index in [2.05, 4.69) is 212 Å². The number of nitrogens with zero attached hydrogens (tertiary/aromatic N) is 2. The molecule has 0 amide bonds. The Balaban J connectivity index is 1.14. The number of benzene rings is 9. The third kappa shape index (κ3) is 4.20. The quantitative estimate of drug-likeness (QED) is 0.154. The van der Waals surface area contributed by atoms with Crippen LogP contribution in [0.25, 0.3) is 64.4 Å². The third-order valence-corrected chi connectivity index (χ3v) is 16.1. The van der Waals surface area contributed by atoms with Crippen LogP contribution in [-0.4, -0.2) is 6.85 Å². The molecule has 0 N–H and O–H groups in total. The summed E-state index contributed by atoms with van der Waals surface area (Å²) in [5.41, 5.74) is 21.9. The molecular formula is C59H39BN2OS. The fraction of sp³-hybridized carbons (Fsp3) is 0.0847. The monoisotopic (exact) mass is 834 g/mol. The van der Waals surface area contributed by atoms with E-state index in [0.29, 0.717) is 0 Å². The van der Waals surface area contributed by atoms with Crippen molar-refractivity contribution in [1.29, 1.82) is 0 Å². The third-order valence-electron chi connectivity index (χ3n) is 15.0. The molecule has 3 nitrogen and oxygen atoms in total. The molecule has 15 rings (SSSR count). The summed E-state index contributed by atoms with van der Waals surface area (Å²) in [7, 11) is 0. The number of hydrogen-bond donors (Lipinski definition) is 0. The number of rotatable bonds is 1. The van der Waals surface area contributed by atoms with Crippen LogP contribution in [0, 0.1) is 0 Å². The van der Waals surface area contributed by atoms with Gasteiger partial charge in [-0.25, -0.2) is 0 Å². The zero-order valence-corrected chi connectivity index (χ0v) is 36.4. The van der Waals surface area contributed by atoms with E-state index in [-0.39, 0.29) is 12.3 Å². The van der Waals surface area contributed by atoms with E-state index in [1.165, 1.54) is 98.2 Å². The van der Waals surface area contributed by atoms with Gasteiger partial charge < -0.3 is 14.1 Å². The van der Waals surface area contributed by atoms with Crippen LogP contribution >= 0.6 is 11.3 Å². The highest BCUT2D eigenvalue weighted by molar-refractivity contribution is 7.26. The van der Waals surface area contributed by atoms with Crippen molar-refractivity contribution in [2.24, 2.45) is 0 Å². The summed E-state index contributed by atoms with van der Waals surface area (Å²) < 4.78 is 9.38. The second-order valence-electron chi connectivity index (χ2n) is 19.1. The van der Waals surface area contributed by atoms with Crippen molar-refractivity contribution in [1.82, 2.24) is 0 Å². The van der Waals surface area contributed by atoms with Crippen LogP contribution in [0.2, 0.25) is 0 Å². The molecule has 2 aromatic heterocycles. The molecule has 11 aromatic rings. The number of hydrogen-bond acceptors (Lipinski definition) is 4. The number of furan rings is 1. The number of anilines is 5. The Kier molecular flexibility index (Phi) is 6.60. The molecule has 1 spiro atoms. The van der Waals surface area contributed by atoms with Gasteiger partial charge in [-0.1, -0.05) is 154 Å². The normalized spacial score (nSPS) is 14.8. The van der Waals surface area contributed by atoms with Gasteiger partial charge in [0, 0.05) is 65.3 Å². The first kappa shape index (κ1) is 35.2. The van der Waals surface area contributed by atoms with Crippen LogP contribution in [0.3, 0.4) is 0 Å². The van der Waals surface area contributed by atoms with Gasteiger partial charge in [0.05, 0.1) is 11.1 Å². The van der Waals surface area contributed by atoms with Gasteiger partial charge in [-0.2, -0.15) is 0 Å². The molecule has 1 aliphatic carbocycles. The highest BCUT2D eigenvalue weighted by Gasteiger charge is 2.56. The highest BCUT2D eigenvalue weighted by Crippen LogP contribution is 2.64. The molecule has 9 aromatic carbocycles. The Bertz CT molecular complexity index is 3820. The maximum Gasteiger partial charge on any atom is 0.333 e. The Labute approximate surface area is 375 Å². The molecule has 0 atom stereocenters. The van der Waals surface area contributed by atoms with Gasteiger partial charge in [0.2, 0.25) is 0 Å². The molecule has 4 aliphatic rings. The van der Waals surface area contributed by atoms with E-state index in [1.54, 1.807) is 0 Å². The minimum absolute atomic E-state index is 0.0174. The molecule has 0 unspecified atom stereocenters. The van der Waals surface area contributed by atoms with Gasteiger partial charge in [0.15, 0.2) is 0 Å². The van der Waals surface area contributed by atoms with Crippen LogP contribution in [0.4, 0.5) is 28.4 Å². The van der Waals surface area contributed by atoms with E-state index < -0.39 is 5.41 Å². The van der Waals surface area contributed by atoms with Gasteiger partial charge in [-0.15, -0.1) is 11.3 Å². The Hall–Kier alpha value is -7.34. The first-order chi connectivity index (χ1) is 31.4. The summed E-state index contributed by atoms with van der Waals surface area (Å²) in [4.78, 5) is 5.31. The molecule has 5 heterocycles. The summed E-state index contributed by atoms with van der Waals surface area (Å²) in [6, 6.07) is 69.0. The number of fused-ring (bicyclic) bond motifs is 20. The van der Waals surface area contributed by atoms with E-state index in [0.717, 1.165) is 33.3 Å². The SMILES string of the molecule is CC(C)(C)c1ccc(N2B3c4cccc5c4N(c4ccccc4C54c5ccccc5-c5ccccc54)c4cc5sc6ccccc6c5c(c43)-c3cc4c(cc32)oc2ccccc24)cc1. The summed E-state index contributed by atoms with van der Waals surface area (Å²) in [6.45, 7) is 6.75. The lowest BCUT2D eigenvalue weighted by Crippen LogP contribution is -2.62. The molecule has 0 saturated carbocycles. The molecule has 0 fully saturated rings. The van der Waals surface area contributed by atoms with E-state index in [9.17, 15) is 0 Å². The van der Waals surface area contributed by atoms with Crippen LogP contribution in [0.15, 0.2) is 186 Å². The van der Waals surface area contributed by atoms with Gasteiger partial charge in [-0.05, 0) is 103 Å². The van der Waals surface area contributed by atoms with E-state index in [1.807, 2.05) is 11.3 Å². The molecule has 3 aliphatic heterocycles. The second kappa shape index (κ2) is 12.0. The van der Waals surface area contributed by atoms with Gasteiger partial charge in [-0.3, -0.25) is 0 Å². The fourth-order valence-electron chi connectivity index (χ4n) is 12.4. The summed E-state index contributed by atoms with van der Waals surface area (Å²) in [5, 5.41) is 4.92. The predicted octanol–water partition coefficient (Wildman–Crippen LogP) is 14.6. The lowest BCUT2D eigenvalue weighted by atomic mass is 9.42. The standard InChI is InChI=1S/C59H39BN2OS/c1-58(2,3)34-27-29-35(30-28-34)62-48-32-51-40(38-17-6-12-25-50(38)63-51)31-41(48)55-54-39-18-7-13-26-52(39)64-53(54)33-49-56(55)60(62)46-23-14-22-45-57(46)61(49)47-24-11-10-21-44(47)59(45)42-19-8-4-15-36(42)37-16-5-9-20-43(37)59/h4-33H,1-3H3. The highest BCUT2D eigenvalue weighted by atomic mass is 32.1. The lowest BCUT2D eigenvalue weighted by Gasteiger charge is -2.51. The van der Waals surface area contributed by atoms with Crippen LogP contribution in [0.5, 0.6) is 0 Å². The largest absolute Gasteiger partial charge is 0.456 e. The first-order valence-electron chi connectivity index (χ1n) is 22.5. The van der Waals surface area contributed by atoms with Gasteiger partial charge >= 0.3 is 6.85 Å². The van der Waals surface area contributed by atoms with Crippen molar-refractivity contribution >= 4 is 99.7 Å². The van der Waals surface area contributed by atoms with E-state index in [4.69, 9.17) is 4.42 Å². The Morgan fingerprint density at radius 3 is 1.97 bits per heavy atom. The molecule has 0 radical (unpaired) electrons. The van der Waals surface area contributed by atoms with E-state index >= 15 is 0 Å². The minimum atomic E-state index is -0.514. The average Bonchev–Trinajstić information content (AvgIpc) is 3.98.